The number of likely N-dealkylation sites (tertiary alicyclic amines) is 1. The van der Waals surface area contributed by atoms with Gasteiger partial charge in [-0.25, -0.2) is 13.2 Å². The van der Waals surface area contributed by atoms with Crippen LogP contribution < -0.4 is 5.32 Å². The summed E-state index contributed by atoms with van der Waals surface area (Å²) in [6.07, 6.45) is 3.34. The van der Waals surface area contributed by atoms with Crippen LogP contribution in [0.4, 0.5) is 4.79 Å². The smallest absolute Gasteiger partial charge is 0.317 e. The molecule has 2 rings (SSSR count). The third-order valence-corrected chi connectivity index (χ3v) is 5.86. The topological polar surface area (TPSA) is 79.6 Å². The van der Waals surface area contributed by atoms with E-state index in [1.807, 2.05) is 6.92 Å². The normalized spacial score (nSPS) is 16.9. The van der Waals surface area contributed by atoms with Crippen LogP contribution in [0.3, 0.4) is 0 Å². The van der Waals surface area contributed by atoms with Gasteiger partial charge in [-0.3, -0.25) is 0 Å². The van der Waals surface area contributed by atoms with E-state index < -0.39 is 15.1 Å². The fourth-order valence-electron chi connectivity index (χ4n) is 2.47. The molecule has 0 aliphatic carbocycles. The molecule has 1 aromatic rings. The maximum atomic E-state index is 12.3. The third-order valence-electron chi connectivity index (χ3n) is 3.69. The van der Waals surface area contributed by atoms with Crippen molar-refractivity contribution in [3.8, 4) is 0 Å². The van der Waals surface area contributed by atoms with Crippen LogP contribution in [0.15, 0.2) is 22.8 Å². The number of nitrogens with zero attached hydrogens (tertiary/aromatic N) is 1. The molecule has 0 unspecified atom stereocenters. The van der Waals surface area contributed by atoms with Gasteiger partial charge in [-0.1, -0.05) is 6.92 Å². The van der Waals surface area contributed by atoms with Crippen molar-refractivity contribution < 1.29 is 17.6 Å². The summed E-state index contributed by atoms with van der Waals surface area (Å²) in [5, 5.41) is 2.42. The monoisotopic (exact) mass is 314 g/mol. The summed E-state index contributed by atoms with van der Waals surface area (Å²) in [5.41, 5.74) is 0. The predicted octanol–water partition coefficient (Wildman–Crippen LogP) is 1.78. The lowest BCUT2D eigenvalue weighted by Crippen LogP contribution is -2.47. The number of sulfone groups is 1. The molecule has 2 heterocycles. The van der Waals surface area contributed by atoms with E-state index in [1.54, 1.807) is 17.0 Å². The van der Waals surface area contributed by atoms with Crippen molar-refractivity contribution in [2.24, 2.45) is 0 Å². The molecule has 1 aromatic heterocycles. The second-order valence-corrected chi connectivity index (χ2v) is 7.59. The van der Waals surface area contributed by atoms with Gasteiger partial charge in [0.25, 0.3) is 0 Å². The van der Waals surface area contributed by atoms with Crippen molar-refractivity contribution in [2.75, 3.05) is 19.6 Å². The maximum Gasteiger partial charge on any atom is 0.317 e. The number of carbonyl (C=O) groups is 1. The molecule has 21 heavy (non-hydrogen) atoms. The Bertz CT molecular complexity index is 546. The van der Waals surface area contributed by atoms with Crippen LogP contribution in [0, 0.1) is 0 Å². The van der Waals surface area contributed by atoms with Gasteiger partial charge in [0, 0.05) is 19.6 Å². The Morgan fingerprint density at radius 2 is 2.14 bits per heavy atom. The van der Waals surface area contributed by atoms with Gasteiger partial charge in [0.05, 0.1) is 11.5 Å². The van der Waals surface area contributed by atoms with Gasteiger partial charge in [-0.05, 0) is 31.4 Å². The number of amides is 2. The minimum Gasteiger partial charge on any atom is -0.468 e. The van der Waals surface area contributed by atoms with Crippen molar-refractivity contribution in [3.63, 3.8) is 0 Å². The molecule has 0 aromatic carbocycles. The highest BCUT2D eigenvalue weighted by atomic mass is 32.2. The maximum absolute atomic E-state index is 12.3. The molecule has 1 saturated heterocycles. The zero-order valence-electron chi connectivity index (χ0n) is 12.2. The van der Waals surface area contributed by atoms with Gasteiger partial charge in [-0.15, -0.1) is 0 Å². The fraction of sp³-hybridized carbons (Fsp3) is 0.643. The Balaban J connectivity index is 1.87. The van der Waals surface area contributed by atoms with E-state index in [-0.39, 0.29) is 11.8 Å². The molecular weight excluding hydrogens is 292 g/mol. The molecule has 1 aliphatic rings. The van der Waals surface area contributed by atoms with Gasteiger partial charge in [0.1, 0.15) is 11.5 Å². The molecule has 7 heteroatoms. The lowest BCUT2D eigenvalue weighted by molar-refractivity contribution is 0.187. The van der Waals surface area contributed by atoms with E-state index in [2.05, 4.69) is 5.32 Å². The largest absolute Gasteiger partial charge is 0.468 e. The van der Waals surface area contributed by atoms with Crippen molar-refractivity contribution in [1.29, 1.82) is 0 Å². The first-order valence-corrected chi connectivity index (χ1v) is 9.01. The predicted molar refractivity (Wildman–Crippen MR) is 79.6 cm³/mol. The summed E-state index contributed by atoms with van der Waals surface area (Å²) in [5.74, 6) is 0.408. The van der Waals surface area contributed by atoms with Crippen LogP contribution in [0.1, 0.15) is 31.9 Å². The molecule has 6 nitrogen and oxygen atoms in total. The first kappa shape index (κ1) is 15.9. The molecular formula is C14H22N2O4S. The number of hydrogen-bond acceptors (Lipinski definition) is 4. The minimum absolute atomic E-state index is 0.0628. The zero-order valence-corrected chi connectivity index (χ0v) is 13.1. The number of urea groups is 1. The highest BCUT2D eigenvalue weighted by Crippen LogP contribution is 2.21. The van der Waals surface area contributed by atoms with Crippen molar-refractivity contribution >= 4 is 15.9 Å². The van der Waals surface area contributed by atoms with Gasteiger partial charge in [0.2, 0.25) is 0 Å². The summed E-state index contributed by atoms with van der Waals surface area (Å²) < 4.78 is 29.8. The Labute approximate surface area is 125 Å². The molecule has 0 radical (unpaired) electrons. The van der Waals surface area contributed by atoms with E-state index >= 15 is 0 Å². The van der Waals surface area contributed by atoms with Crippen molar-refractivity contribution in [1.82, 2.24) is 10.2 Å². The number of carbonyl (C=O) groups excluding carboxylic acids is 1. The standard InChI is InChI=1S/C14H22N2O4S/c1-2-7-15-14(17)16-8-5-13(6-9-16)21(18,19)11-12-4-3-10-20-12/h3-4,10,13H,2,5-9,11H2,1H3,(H,15,17). The summed E-state index contributed by atoms with van der Waals surface area (Å²) in [7, 11) is -3.22. The summed E-state index contributed by atoms with van der Waals surface area (Å²) in [6, 6.07) is 3.26. The van der Waals surface area contributed by atoms with Crippen LogP contribution in [-0.2, 0) is 15.6 Å². The quantitative estimate of drug-likeness (QED) is 0.898. The Morgan fingerprint density at radius 1 is 1.43 bits per heavy atom. The molecule has 0 bridgehead atoms. The summed E-state index contributed by atoms with van der Waals surface area (Å²) in [4.78, 5) is 13.5. The van der Waals surface area contributed by atoms with E-state index in [0.29, 0.717) is 38.2 Å². The van der Waals surface area contributed by atoms with E-state index in [1.165, 1.54) is 6.26 Å². The lowest BCUT2D eigenvalue weighted by Gasteiger charge is -2.31. The lowest BCUT2D eigenvalue weighted by atomic mass is 10.1. The Morgan fingerprint density at radius 3 is 2.71 bits per heavy atom. The highest BCUT2D eigenvalue weighted by molar-refractivity contribution is 7.91. The number of nitrogens with one attached hydrogen (secondary N) is 1. The average molecular weight is 314 g/mol. The van der Waals surface area contributed by atoms with E-state index in [0.717, 1.165) is 6.42 Å². The molecule has 0 spiro atoms. The van der Waals surface area contributed by atoms with Crippen LogP contribution in [0.2, 0.25) is 0 Å². The summed E-state index contributed by atoms with van der Waals surface area (Å²) in [6.45, 7) is 3.61. The molecule has 0 atom stereocenters. The fourth-order valence-corrected chi connectivity index (χ4v) is 4.20. The van der Waals surface area contributed by atoms with Crippen LogP contribution >= 0.6 is 0 Å². The molecule has 1 fully saturated rings. The molecule has 1 aliphatic heterocycles. The molecule has 0 saturated carbocycles. The van der Waals surface area contributed by atoms with Crippen LogP contribution in [0.5, 0.6) is 0 Å². The zero-order chi connectivity index (χ0) is 15.3. The van der Waals surface area contributed by atoms with Crippen molar-refractivity contribution in [2.45, 2.75) is 37.2 Å². The first-order valence-electron chi connectivity index (χ1n) is 7.29. The van der Waals surface area contributed by atoms with Crippen LogP contribution in [-0.4, -0.2) is 44.2 Å². The SMILES string of the molecule is CCCNC(=O)N1CCC(S(=O)(=O)Cc2ccco2)CC1. The molecule has 2 amide bonds. The van der Waals surface area contributed by atoms with Crippen molar-refractivity contribution in [3.05, 3.63) is 24.2 Å². The van der Waals surface area contributed by atoms with Gasteiger partial charge in [-0.2, -0.15) is 0 Å². The minimum atomic E-state index is -3.22. The Kier molecular flexibility index (Phi) is 5.27. The molecule has 1 N–H and O–H groups in total. The number of furan rings is 1. The van der Waals surface area contributed by atoms with Gasteiger partial charge >= 0.3 is 6.03 Å². The van der Waals surface area contributed by atoms with Crippen LogP contribution in [0.25, 0.3) is 0 Å². The van der Waals surface area contributed by atoms with Gasteiger partial charge < -0.3 is 14.6 Å². The van der Waals surface area contributed by atoms with E-state index in [4.69, 9.17) is 4.42 Å². The average Bonchev–Trinajstić information content (AvgIpc) is 2.97. The summed E-state index contributed by atoms with van der Waals surface area (Å²) >= 11 is 0. The second-order valence-electron chi connectivity index (χ2n) is 5.30. The third kappa shape index (κ3) is 4.23. The number of hydrogen-bond donors (Lipinski definition) is 1. The Hall–Kier alpha value is -1.50. The number of piperidine rings is 1. The second kappa shape index (κ2) is 6.98. The number of rotatable bonds is 5. The van der Waals surface area contributed by atoms with Gasteiger partial charge in [0.15, 0.2) is 9.84 Å². The van der Waals surface area contributed by atoms with E-state index in [9.17, 15) is 13.2 Å². The first-order chi connectivity index (χ1) is 10.0. The highest BCUT2D eigenvalue weighted by Gasteiger charge is 2.32. The molecule has 118 valence electrons.